The maximum Gasteiger partial charge on any atom is 0.252 e. The molecular weight excluding hydrogens is 334 g/mol. The quantitative estimate of drug-likeness (QED) is 0.850. The van der Waals surface area contributed by atoms with Gasteiger partial charge in [-0.15, -0.1) is 0 Å². The number of carbonyl (C=O) groups is 2. The molecule has 1 saturated carbocycles. The van der Waals surface area contributed by atoms with Crippen molar-refractivity contribution in [3.05, 3.63) is 22.8 Å². The number of pyridine rings is 1. The Morgan fingerprint density at radius 1 is 1.24 bits per heavy atom. The van der Waals surface area contributed by atoms with Crippen molar-refractivity contribution in [3.8, 4) is 0 Å². The van der Waals surface area contributed by atoms with Gasteiger partial charge in [-0.3, -0.25) is 14.5 Å². The highest BCUT2D eigenvalue weighted by molar-refractivity contribution is 9.10. The van der Waals surface area contributed by atoms with E-state index in [4.69, 9.17) is 0 Å². The van der Waals surface area contributed by atoms with Gasteiger partial charge >= 0.3 is 0 Å². The molecule has 2 aliphatic rings. The monoisotopic (exact) mass is 351 g/mol. The molecule has 112 valence electrons. The summed E-state index contributed by atoms with van der Waals surface area (Å²) in [6.07, 6.45) is 7.17. The Balaban J connectivity index is 1.72. The van der Waals surface area contributed by atoms with E-state index in [0.717, 1.165) is 30.2 Å². The smallest absolute Gasteiger partial charge is 0.252 e. The summed E-state index contributed by atoms with van der Waals surface area (Å²) >= 11 is 3.40. The highest BCUT2D eigenvalue weighted by Crippen LogP contribution is 2.29. The topological polar surface area (TPSA) is 62.3 Å². The van der Waals surface area contributed by atoms with Crippen molar-refractivity contribution < 1.29 is 9.59 Å². The predicted octanol–water partition coefficient (Wildman–Crippen LogP) is 2.72. The van der Waals surface area contributed by atoms with Gasteiger partial charge in [-0.2, -0.15) is 0 Å². The molecule has 0 bridgehead atoms. The number of imide groups is 1. The minimum absolute atomic E-state index is 0.0588. The zero-order valence-corrected chi connectivity index (χ0v) is 13.3. The Morgan fingerprint density at radius 3 is 2.71 bits per heavy atom. The molecule has 0 spiro atoms. The summed E-state index contributed by atoms with van der Waals surface area (Å²) < 4.78 is 0.793. The number of amides is 2. The van der Waals surface area contributed by atoms with Gasteiger partial charge in [-0.05, 0) is 40.9 Å². The number of anilines is 1. The van der Waals surface area contributed by atoms with Crippen LogP contribution in [-0.4, -0.2) is 33.8 Å². The molecule has 2 amide bonds. The molecule has 5 nitrogen and oxygen atoms in total. The van der Waals surface area contributed by atoms with Gasteiger partial charge in [0.05, 0.1) is 10.9 Å². The van der Waals surface area contributed by atoms with E-state index in [1.165, 1.54) is 11.3 Å². The maximum atomic E-state index is 12.5. The molecule has 2 heterocycles. The van der Waals surface area contributed by atoms with E-state index in [1.54, 1.807) is 6.20 Å². The van der Waals surface area contributed by atoms with Crippen molar-refractivity contribution in [2.45, 2.75) is 50.6 Å². The van der Waals surface area contributed by atoms with Crippen molar-refractivity contribution in [2.75, 3.05) is 5.32 Å². The van der Waals surface area contributed by atoms with Crippen LogP contribution in [-0.2, 0) is 9.59 Å². The van der Waals surface area contributed by atoms with Gasteiger partial charge in [0.1, 0.15) is 11.9 Å². The molecular formula is C15H18BrN3O2. The second-order valence-electron chi connectivity index (χ2n) is 5.63. The normalized spacial score (nSPS) is 23.7. The van der Waals surface area contributed by atoms with Gasteiger partial charge in [0, 0.05) is 12.2 Å². The summed E-state index contributed by atoms with van der Waals surface area (Å²) in [4.78, 5) is 30.4. The fourth-order valence-corrected chi connectivity index (χ4v) is 3.51. The van der Waals surface area contributed by atoms with E-state index >= 15 is 0 Å². The van der Waals surface area contributed by atoms with Gasteiger partial charge in [-0.1, -0.05) is 19.3 Å². The Morgan fingerprint density at radius 2 is 2.00 bits per heavy atom. The Labute approximate surface area is 132 Å². The largest absolute Gasteiger partial charge is 0.357 e. The van der Waals surface area contributed by atoms with Crippen LogP contribution in [0.3, 0.4) is 0 Å². The highest BCUT2D eigenvalue weighted by Gasteiger charge is 2.42. The molecule has 0 aromatic carbocycles. The number of aromatic nitrogens is 1. The van der Waals surface area contributed by atoms with Crippen LogP contribution in [0.25, 0.3) is 0 Å². The third kappa shape index (κ3) is 2.95. The van der Waals surface area contributed by atoms with Crippen LogP contribution in [0.2, 0.25) is 0 Å². The van der Waals surface area contributed by atoms with Crippen LogP contribution >= 0.6 is 15.9 Å². The molecule has 1 aromatic heterocycles. The van der Waals surface area contributed by atoms with E-state index in [1.807, 2.05) is 12.1 Å². The van der Waals surface area contributed by atoms with Gasteiger partial charge in [0.2, 0.25) is 5.91 Å². The first-order valence-electron chi connectivity index (χ1n) is 7.40. The lowest BCUT2D eigenvalue weighted by Crippen LogP contribution is -2.43. The zero-order valence-electron chi connectivity index (χ0n) is 11.7. The summed E-state index contributed by atoms with van der Waals surface area (Å²) in [6.45, 7) is 0. The highest BCUT2D eigenvalue weighted by atomic mass is 79.9. The van der Waals surface area contributed by atoms with E-state index < -0.39 is 6.04 Å². The van der Waals surface area contributed by atoms with Gasteiger partial charge in [0.15, 0.2) is 0 Å². The number of carbonyl (C=O) groups excluding carboxylic acids is 2. The molecule has 1 atom stereocenters. The fourth-order valence-electron chi connectivity index (χ4n) is 3.14. The number of nitrogens with one attached hydrogen (secondary N) is 1. The van der Waals surface area contributed by atoms with E-state index in [0.29, 0.717) is 5.82 Å². The molecule has 1 unspecified atom stereocenters. The summed E-state index contributed by atoms with van der Waals surface area (Å²) in [5, 5.41) is 3.09. The SMILES string of the molecule is O=C1CC(Nc2ncccc2Br)C(=O)N1C1CCCCC1. The minimum Gasteiger partial charge on any atom is -0.357 e. The van der Waals surface area contributed by atoms with Crippen LogP contribution in [0.4, 0.5) is 5.82 Å². The van der Waals surface area contributed by atoms with Crippen molar-refractivity contribution in [2.24, 2.45) is 0 Å². The van der Waals surface area contributed by atoms with Crippen LogP contribution in [0.5, 0.6) is 0 Å². The summed E-state index contributed by atoms with van der Waals surface area (Å²) in [6, 6.07) is 3.27. The number of nitrogens with zero attached hydrogens (tertiary/aromatic N) is 2. The lowest BCUT2D eigenvalue weighted by molar-refractivity contribution is -0.141. The van der Waals surface area contributed by atoms with Crippen LogP contribution in [0, 0.1) is 0 Å². The number of halogens is 1. The van der Waals surface area contributed by atoms with Gasteiger partial charge < -0.3 is 5.32 Å². The van der Waals surface area contributed by atoms with E-state index in [-0.39, 0.29) is 24.3 Å². The number of likely N-dealkylation sites (tertiary alicyclic amines) is 1. The lowest BCUT2D eigenvalue weighted by atomic mass is 9.94. The van der Waals surface area contributed by atoms with E-state index in [9.17, 15) is 9.59 Å². The van der Waals surface area contributed by atoms with Crippen molar-refractivity contribution in [3.63, 3.8) is 0 Å². The predicted molar refractivity (Wildman–Crippen MR) is 82.7 cm³/mol. The summed E-state index contributed by atoms with van der Waals surface area (Å²) in [5.74, 6) is 0.440. The second kappa shape index (κ2) is 6.13. The van der Waals surface area contributed by atoms with Crippen molar-refractivity contribution in [1.82, 2.24) is 9.88 Å². The molecule has 21 heavy (non-hydrogen) atoms. The average Bonchev–Trinajstić information content (AvgIpc) is 2.77. The molecule has 1 aromatic rings. The third-order valence-corrected chi connectivity index (χ3v) is 4.83. The number of hydrogen-bond acceptors (Lipinski definition) is 4. The van der Waals surface area contributed by atoms with Crippen LogP contribution < -0.4 is 5.32 Å². The Hall–Kier alpha value is -1.43. The first-order chi connectivity index (χ1) is 10.2. The number of rotatable bonds is 3. The molecule has 2 fully saturated rings. The molecule has 3 rings (SSSR count). The Bertz CT molecular complexity index is 558. The standard InChI is InChI=1S/C15H18BrN3O2/c16-11-7-4-8-17-14(11)18-12-9-13(20)19(15(12)21)10-5-2-1-3-6-10/h4,7-8,10,12H,1-3,5-6,9H2,(H,17,18). The van der Waals surface area contributed by atoms with Gasteiger partial charge in [0.25, 0.3) is 5.91 Å². The molecule has 6 heteroatoms. The molecule has 1 N–H and O–H groups in total. The Kier molecular flexibility index (Phi) is 4.24. The van der Waals surface area contributed by atoms with Crippen molar-refractivity contribution in [1.29, 1.82) is 0 Å². The molecule has 1 saturated heterocycles. The minimum atomic E-state index is -0.495. The van der Waals surface area contributed by atoms with E-state index in [2.05, 4.69) is 26.2 Å². The molecule has 1 aliphatic carbocycles. The lowest BCUT2D eigenvalue weighted by Gasteiger charge is -2.29. The zero-order chi connectivity index (χ0) is 14.8. The average molecular weight is 352 g/mol. The first kappa shape index (κ1) is 14.5. The third-order valence-electron chi connectivity index (χ3n) is 4.19. The van der Waals surface area contributed by atoms with Crippen molar-refractivity contribution >= 4 is 33.6 Å². The van der Waals surface area contributed by atoms with Crippen LogP contribution in [0.15, 0.2) is 22.8 Å². The second-order valence-corrected chi connectivity index (χ2v) is 6.48. The first-order valence-corrected chi connectivity index (χ1v) is 8.19. The summed E-state index contributed by atoms with van der Waals surface area (Å²) in [7, 11) is 0. The van der Waals surface area contributed by atoms with Crippen LogP contribution in [0.1, 0.15) is 38.5 Å². The molecule has 1 aliphatic heterocycles. The molecule has 0 radical (unpaired) electrons. The maximum absolute atomic E-state index is 12.5. The van der Waals surface area contributed by atoms with Gasteiger partial charge in [-0.25, -0.2) is 4.98 Å². The number of hydrogen-bond donors (Lipinski definition) is 1. The fraction of sp³-hybridized carbons (Fsp3) is 0.533. The summed E-state index contributed by atoms with van der Waals surface area (Å²) in [5.41, 5.74) is 0.